The largest absolute Gasteiger partial charge is 0.496 e. The number of nitrogens with one attached hydrogen (secondary N) is 1. The molecule has 4 heteroatoms. The van der Waals surface area contributed by atoms with Crippen LogP contribution in [0.1, 0.15) is 30.2 Å². The number of hydrogen-bond acceptors (Lipinski definition) is 4. The van der Waals surface area contributed by atoms with Gasteiger partial charge in [-0.25, -0.2) is 0 Å². The standard InChI is InChI=1S/C12H21N3O/c1-5-10(15-13)6-11-9(3)12(16-4)8(2)7-14-11/h7,10,15H,5-6,13H2,1-4H3. The lowest BCUT2D eigenvalue weighted by Gasteiger charge is -2.16. The maximum absolute atomic E-state index is 5.47. The predicted octanol–water partition coefficient (Wildman–Crippen LogP) is 1.49. The summed E-state index contributed by atoms with van der Waals surface area (Å²) >= 11 is 0. The molecule has 16 heavy (non-hydrogen) atoms. The van der Waals surface area contributed by atoms with Crippen molar-refractivity contribution in [1.82, 2.24) is 10.4 Å². The molecular formula is C12H21N3O. The van der Waals surface area contributed by atoms with Crippen LogP contribution in [0.3, 0.4) is 0 Å². The number of methoxy groups -OCH3 is 1. The van der Waals surface area contributed by atoms with Crippen LogP contribution in [0.2, 0.25) is 0 Å². The summed E-state index contributed by atoms with van der Waals surface area (Å²) in [5.74, 6) is 6.40. The molecule has 0 radical (unpaired) electrons. The van der Waals surface area contributed by atoms with Crippen LogP contribution in [0.4, 0.5) is 0 Å². The van der Waals surface area contributed by atoms with Gasteiger partial charge in [0, 0.05) is 35.5 Å². The number of aryl methyl sites for hydroxylation is 1. The molecule has 0 spiro atoms. The van der Waals surface area contributed by atoms with Crippen molar-refractivity contribution in [2.45, 2.75) is 39.7 Å². The topological polar surface area (TPSA) is 60.2 Å². The number of hydrazine groups is 1. The highest BCUT2D eigenvalue weighted by atomic mass is 16.5. The quantitative estimate of drug-likeness (QED) is 0.586. The van der Waals surface area contributed by atoms with Gasteiger partial charge in [-0.2, -0.15) is 0 Å². The molecule has 0 aliphatic carbocycles. The predicted molar refractivity (Wildman–Crippen MR) is 65.4 cm³/mol. The molecule has 1 unspecified atom stereocenters. The molecule has 0 aliphatic heterocycles. The van der Waals surface area contributed by atoms with Crippen molar-refractivity contribution in [2.24, 2.45) is 5.84 Å². The summed E-state index contributed by atoms with van der Waals surface area (Å²) in [5, 5.41) is 0. The van der Waals surface area contributed by atoms with Crippen LogP contribution in [0, 0.1) is 13.8 Å². The van der Waals surface area contributed by atoms with Crippen LogP contribution in [0.5, 0.6) is 5.75 Å². The van der Waals surface area contributed by atoms with E-state index in [0.29, 0.717) is 0 Å². The highest BCUT2D eigenvalue weighted by Crippen LogP contribution is 2.24. The molecule has 1 heterocycles. The van der Waals surface area contributed by atoms with Crippen molar-refractivity contribution in [2.75, 3.05) is 7.11 Å². The highest BCUT2D eigenvalue weighted by Gasteiger charge is 2.12. The first-order valence-electron chi connectivity index (χ1n) is 5.59. The number of hydrogen-bond donors (Lipinski definition) is 2. The summed E-state index contributed by atoms with van der Waals surface area (Å²) in [5.41, 5.74) is 6.02. The van der Waals surface area contributed by atoms with E-state index in [1.807, 2.05) is 20.0 Å². The molecule has 0 aromatic carbocycles. The Balaban J connectivity index is 2.97. The first-order valence-corrected chi connectivity index (χ1v) is 5.59. The van der Waals surface area contributed by atoms with Crippen molar-refractivity contribution < 1.29 is 4.74 Å². The lowest BCUT2D eigenvalue weighted by molar-refractivity contribution is 0.405. The summed E-state index contributed by atoms with van der Waals surface area (Å²) in [6, 6.07) is 0.263. The van der Waals surface area contributed by atoms with Gasteiger partial charge in [0.15, 0.2) is 0 Å². The number of aromatic nitrogens is 1. The third-order valence-electron chi connectivity index (χ3n) is 2.92. The second-order valence-electron chi connectivity index (χ2n) is 4.02. The number of nitrogens with zero attached hydrogens (tertiary/aromatic N) is 1. The van der Waals surface area contributed by atoms with Gasteiger partial charge in [-0.05, 0) is 20.3 Å². The zero-order chi connectivity index (χ0) is 12.1. The maximum atomic E-state index is 5.47. The van der Waals surface area contributed by atoms with Crippen molar-refractivity contribution >= 4 is 0 Å². The van der Waals surface area contributed by atoms with E-state index in [4.69, 9.17) is 10.6 Å². The molecule has 0 aliphatic rings. The Bertz CT molecular complexity index is 348. The molecule has 1 atom stereocenters. The molecular weight excluding hydrogens is 202 g/mol. The Labute approximate surface area is 97.2 Å². The smallest absolute Gasteiger partial charge is 0.128 e. The fraction of sp³-hybridized carbons (Fsp3) is 0.583. The van der Waals surface area contributed by atoms with Gasteiger partial charge < -0.3 is 4.74 Å². The van der Waals surface area contributed by atoms with E-state index in [9.17, 15) is 0 Å². The van der Waals surface area contributed by atoms with Crippen LogP contribution >= 0.6 is 0 Å². The van der Waals surface area contributed by atoms with Crippen LogP contribution in [0.25, 0.3) is 0 Å². The molecule has 0 saturated carbocycles. The van der Waals surface area contributed by atoms with Crippen molar-refractivity contribution in [1.29, 1.82) is 0 Å². The minimum absolute atomic E-state index is 0.263. The Morgan fingerprint density at radius 1 is 1.50 bits per heavy atom. The maximum Gasteiger partial charge on any atom is 0.128 e. The van der Waals surface area contributed by atoms with E-state index in [1.165, 1.54) is 0 Å². The van der Waals surface area contributed by atoms with Crippen molar-refractivity contribution in [3.63, 3.8) is 0 Å². The Kier molecular flexibility index (Phi) is 4.71. The summed E-state index contributed by atoms with van der Waals surface area (Å²) in [6.45, 7) is 6.14. The summed E-state index contributed by atoms with van der Waals surface area (Å²) in [6.07, 6.45) is 3.66. The molecule has 3 N–H and O–H groups in total. The normalized spacial score (nSPS) is 12.6. The average molecular weight is 223 g/mol. The van der Waals surface area contributed by atoms with Crippen LogP contribution < -0.4 is 16.0 Å². The average Bonchev–Trinajstić information content (AvgIpc) is 2.29. The van der Waals surface area contributed by atoms with Crippen molar-refractivity contribution in [3.05, 3.63) is 23.0 Å². The van der Waals surface area contributed by atoms with E-state index in [1.54, 1.807) is 7.11 Å². The molecule has 0 saturated heterocycles. The monoisotopic (exact) mass is 223 g/mol. The molecule has 1 rings (SSSR count). The van der Waals surface area contributed by atoms with Crippen LogP contribution in [-0.4, -0.2) is 18.1 Å². The van der Waals surface area contributed by atoms with Gasteiger partial charge in [-0.3, -0.25) is 16.3 Å². The third-order valence-corrected chi connectivity index (χ3v) is 2.92. The van der Waals surface area contributed by atoms with Gasteiger partial charge in [0.05, 0.1) is 7.11 Å². The summed E-state index contributed by atoms with van der Waals surface area (Å²) < 4.78 is 5.37. The second kappa shape index (κ2) is 5.82. The molecule has 0 amide bonds. The molecule has 4 nitrogen and oxygen atoms in total. The van der Waals surface area contributed by atoms with E-state index >= 15 is 0 Å². The lowest BCUT2D eigenvalue weighted by Crippen LogP contribution is -2.36. The van der Waals surface area contributed by atoms with Crippen LogP contribution in [0.15, 0.2) is 6.20 Å². The van der Waals surface area contributed by atoms with Gasteiger partial charge in [-0.15, -0.1) is 0 Å². The third kappa shape index (κ3) is 2.71. The number of ether oxygens (including phenoxy) is 1. The Hall–Kier alpha value is -1.13. The van der Waals surface area contributed by atoms with Crippen molar-refractivity contribution in [3.8, 4) is 5.75 Å². The molecule has 1 aromatic heterocycles. The van der Waals surface area contributed by atoms with Crippen LogP contribution in [-0.2, 0) is 6.42 Å². The van der Waals surface area contributed by atoms with Gasteiger partial charge >= 0.3 is 0 Å². The minimum Gasteiger partial charge on any atom is -0.496 e. The van der Waals surface area contributed by atoms with E-state index in [-0.39, 0.29) is 6.04 Å². The van der Waals surface area contributed by atoms with Gasteiger partial charge in [0.2, 0.25) is 0 Å². The fourth-order valence-corrected chi connectivity index (χ4v) is 1.83. The molecule has 0 bridgehead atoms. The summed E-state index contributed by atoms with van der Waals surface area (Å²) in [4.78, 5) is 4.45. The second-order valence-corrected chi connectivity index (χ2v) is 4.02. The van der Waals surface area contributed by atoms with E-state index < -0.39 is 0 Å². The zero-order valence-electron chi connectivity index (χ0n) is 10.5. The highest BCUT2D eigenvalue weighted by molar-refractivity contribution is 5.41. The zero-order valence-corrected chi connectivity index (χ0v) is 10.5. The minimum atomic E-state index is 0.263. The first-order chi connectivity index (χ1) is 7.63. The number of nitrogens with two attached hydrogens (primary N) is 1. The Morgan fingerprint density at radius 2 is 2.19 bits per heavy atom. The SMILES string of the molecule is CCC(Cc1ncc(C)c(OC)c1C)NN. The lowest BCUT2D eigenvalue weighted by atomic mass is 10.0. The molecule has 90 valence electrons. The number of pyridine rings is 1. The van der Waals surface area contributed by atoms with E-state index in [0.717, 1.165) is 35.4 Å². The van der Waals surface area contributed by atoms with Gasteiger partial charge in [0.25, 0.3) is 0 Å². The number of rotatable bonds is 5. The molecule has 0 fully saturated rings. The van der Waals surface area contributed by atoms with Gasteiger partial charge in [-0.1, -0.05) is 6.92 Å². The van der Waals surface area contributed by atoms with E-state index in [2.05, 4.69) is 17.3 Å². The first kappa shape index (κ1) is 12.9. The Morgan fingerprint density at radius 3 is 2.69 bits per heavy atom. The fourth-order valence-electron chi connectivity index (χ4n) is 1.83. The molecule has 1 aromatic rings. The van der Waals surface area contributed by atoms with Gasteiger partial charge in [0.1, 0.15) is 5.75 Å². The summed E-state index contributed by atoms with van der Waals surface area (Å²) in [7, 11) is 1.69.